The molecule has 1 rings (SSSR count). The SMILES string of the molecule is CCC(CC)C(CN)Nc1ccc(OC)cc1. The quantitative estimate of drug-likeness (QED) is 0.765. The van der Waals surface area contributed by atoms with Crippen LogP contribution in [0.25, 0.3) is 0 Å². The summed E-state index contributed by atoms with van der Waals surface area (Å²) in [6.45, 7) is 5.09. The molecule has 0 spiro atoms. The molecule has 96 valence electrons. The fourth-order valence-electron chi connectivity index (χ4n) is 2.13. The maximum Gasteiger partial charge on any atom is 0.119 e. The van der Waals surface area contributed by atoms with Crippen LogP contribution in [-0.4, -0.2) is 19.7 Å². The first-order chi connectivity index (χ1) is 8.24. The van der Waals surface area contributed by atoms with Gasteiger partial charge in [0, 0.05) is 18.3 Å². The van der Waals surface area contributed by atoms with Crippen molar-refractivity contribution in [3.63, 3.8) is 0 Å². The average molecular weight is 236 g/mol. The lowest BCUT2D eigenvalue weighted by Gasteiger charge is -2.26. The number of rotatable bonds is 7. The van der Waals surface area contributed by atoms with Gasteiger partial charge in [-0.05, 0) is 30.2 Å². The molecule has 0 heterocycles. The van der Waals surface area contributed by atoms with Crippen LogP contribution in [0.15, 0.2) is 24.3 Å². The Kier molecular flexibility index (Phi) is 5.84. The largest absolute Gasteiger partial charge is 0.497 e. The first kappa shape index (κ1) is 13.8. The monoisotopic (exact) mass is 236 g/mol. The number of nitrogens with two attached hydrogens (primary N) is 1. The van der Waals surface area contributed by atoms with Crippen molar-refractivity contribution < 1.29 is 4.74 Å². The first-order valence-electron chi connectivity index (χ1n) is 6.35. The zero-order valence-corrected chi connectivity index (χ0v) is 11.1. The molecule has 0 radical (unpaired) electrons. The van der Waals surface area contributed by atoms with Gasteiger partial charge in [-0.25, -0.2) is 0 Å². The Balaban J connectivity index is 2.66. The van der Waals surface area contributed by atoms with Crippen LogP contribution in [-0.2, 0) is 0 Å². The van der Waals surface area contributed by atoms with Crippen molar-refractivity contribution in [3.8, 4) is 5.75 Å². The molecule has 0 saturated heterocycles. The summed E-state index contributed by atoms with van der Waals surface area (Å²) in [5, 5.41) is 3.50. The van der Waals surface area contributed by atoms with Crippen molar-refractivity contribution in [3.05, 3.63) is 24.3 Å². The van der Waals surface area contributed by atoms with Crippen molar-refractivity contribution in [1.82, 2.24) is 0 Å². The van der Waals surface area contributed by atoms with Gasteiger partial charge in [-0.15, -0.1) is 0 Å². The molecule has 1 aromatic rings. The van der Waals surface area contributed by atoms with E-state index >= 15 is 0 Å². The van der Waals surface area contributed by atoms with E-state index in [1.54, 1.807) is 7.11 Å². The van der Waals surface area contributed by atoms with Gasteiger partial charge in [0.15, 0.2) is 0 Å². The Morgan fingerprint density at radius 2 is 1.76 bits per heavy atom. The van der Waals surface area contributed by atoms with E-state index in [2.05, 4.69) is 19.2 Å². The van der Waals surface area contributed by atoms with Gasteiger partial charge in [-0.1, -0.05) is 26.7 Å². The van der Waals surface area contributed by atoms with Crippen molar-refractivity contribution in [2.75, 3.05) is 19.0 Å². The highest BCUT2D eigenvalue weighted by atomic mass is 16.5. The van der Waals surface area contributed by atoms with E-state index < -0.39 is 0 Å². The molecule has 0 saturated carbocycles. The minimum Gasteiger partial charge on any atom is -0.497 e. The highest BCUT2D eigenvalue weighted by molar-refractivity contribution is 5.47. The number of hydrogen-bond donors (Lipinski definition) is 2. The van der Waals surface area contributed by atoms with E-state index in [4.69, 9.17) is 10.5 Å². The molecular weight excluding hydrogens is 212 g/mol. The lowest BCUT2D eigenvalue weighted by atomic mass is 9.94. The maximum absolute atomic E-state index is 5.84. The molecule has 3 nitrogen and oxygen atoms in total. The van der Waals surface area contributed by atoms with Gasteiger partial charge < -0.3 is 15.8 Å². The Hall–Kier alpha value is -1.22. The van der Waals surface area contributed by atoms with Crippen LogP contribution in [0.5, 0.6) is 5.75 Å². The first-order valence-corrected chi connectivity index (χ1v) is 6.35. The van der Waals surface area contributed by atoms with Crippen LogP contribution in [0.4, 0.5) is 5.69 Å². The van der Waals surface area contributed by atoms with Crippen LogP contribution >= 0.6 is 0 Å². The molecule has 17 heavy (non-hydrogen) atoms. The molecule has 0 fully saturated rings. The van der Waals surface area contributed by atoms with Gasteiger partial charge in [-0.3, -0.25) is 0 Å². The van der Waals surface area contributed by atoms with Crippen molar-refractivity contribution in [1.29, 1.82) is 0 Å². The molecular formula is C14H24N2O. The standard InChI is InChI=1S/C14H24N2O/c1-4-11(5-2)14(10-15)16-12-6-8-13(17-3)9-7-12/h6-9,11,14,16H,4-5,10,15H2,1-3H3. The van der Waals surface area contributed by atoms with Gasteiger partial charge in [0.1, 0.15) is 5.75 Å². The molecule has 0 aliphatic rings. The lowest BCUT2D eigenvalue weighted by molar-refractivity contribution is 0.414. The van der Waals surface area contributed by atoms with Crippen LogP contribution in [0.3, 0.4) is 0 Å². The summed E-state index contributed by atoms with van der Waals surface area (Å²) in [7, 11) is 1.68. The van der Waals surface area contributed by atoms with Crippen molar-refractivity contribution in [2.24, 2.45) is 11.7 Å². The number of anilines is 1. The fraction of sp³-hybridized carbons (Fsp3) is 0.571. The van der Waals surface area contributed by atoms with Gasteiger partial charge in [-0.2, -0.15) is 0 Å². The van der Waals surface area contributed by atoms with Gasteiger partial charge in [0.05, 0.1) is 7.11 Å². The van der Waals surface area contributed by atoms with E-state index in [1.807, 2.05) is 24.3 Å². The molecule has 1 atom stereocenters. The summed E-state index contributed by atoms with van der Waals surface area (Å²) < 4.78 is 5.14. The number of hydrogen-bond acceptors (Lipinski definition) is 3. The summed E-state index contributed by atoms with van der Waals surface area (Å²) in [5.41, 5.74) is 6.95. The second-order valence-corrected chi connectivity index (χ2v) is 4.29. The van der Waals surface area contributed by atoms with Crippen LogP contribution in [0, 0.1) is 5.92 Å². The van der Waals surface area contributed by atoms with E-state index in [1.165, 1.54) is 0 Å². The van der Waals surface area contributed by atoms with Crippen molar-refractivity contribution in [2.45, 2.75) is 32.7 Å². The van der Waals surface area contributed by atoms with Crippen molar-refractivity contribution >= 4 is 5.69 Å². The fourth-order valence-corrected chi connectivity index (χ4v) is 2.13. The molecule has 0 amide bonds. The summed E-state index contributed by atoms with van der Waals surface area (Å²) in [6.07, 6.45) is 2.31. The lowest BCUT2D eigenvalue weighted by Crippen LogP contribution is -2.35. The van der Waals surface area contributed by atoms with Crippen LogP contribution < -0.4 is 15.8 Å². The van der Waals surface area contributed by atoms with E-state index in [0.29, 0.717) is 18.5 Å². The highest BCUT2D eigenvalue weighted by Crippen LogP contribution is 2.20. The minimum absolute atomic E-state index is 0.346. The molecule has 0 aliphatic heterocycles. The smallest absolute Gasteiger partial charge is 0.119 e. The number of ether oxygens (including phenoxy) is 1. The molecule has 0 aromatic heterocycles. The molecule has 0 bridgehead atoms. The summed E-state index contributed by atoms with van der Waals surface area (Å²) in [5.74, 6) is 1.50. The highest BCUT2D eigenvalue weighted by Gasteiger charge is 2.16. The third-order valence-corrected chi connectivity index (χ3v) is 3.31. The van der Waals surface area contributed by atoms with Gasteiger partial charge >= 0.3 is 0 Å². The normalized spacial score (nSPS) is 12.5. The molecule has 0 aliphatic carbocycles. The topological polar surface area (TPSA) is 47.3 Å². The minimum atomic E-state index is 0.346. The number of nitrogens with one attached hydrogen (secondary N) is 1. The molecule has 1 unspecified atom stereocenters. The Labute approximate surface area is 104 Å². The van der Waals surface area contributed by atoms with E-state index in [9.17, 15) is 0 Å². The molecule has 3 N–H and O–H groups in total. The predicted molar refractivity (Wildman–Crippen MR) is 73.5 cm³/mol. The van der Waals surface area contributed by atoms with E-state index in [0.717, 1.165) is 24.3 Å². The number of benzene rings is 1. The zero-order valence-electron chi connectivity index (χ0n) is 11.1. The third kappa shape index (κ3) is 3.93. The van der Waals surface area contributed by atoms with Gasteiger partial charge in [0.2, 0.25) is 0 Å². The predicted octanol–water partition coefficient (Wildman–Crippen LogP) is 2.87. The Bertz CT molecular complexity index is 307. The summed E-state index contributed by atoms with van der Waals surface area (Å²) >= 11 is 0. The molecule has 3 heteroatoms. The summed E-state index contributed by atoms with van der Waals surface area (Å²) in [6, 6.07) is 8.33. The van der Waals surface area contributed by atoms with Crippen LogP contribution in [0.1, 0.15) is 26.7 Å². The zero-order chi connectivity index (χ0) is 12.7. The third-order valence-electron chi connectivity index (χ3n) is 3.31. The Morgan fingerprint density at radius 3 is 2.18 bits per heavy atom. The second kappa shape index (κ2) is 7.17. The maximum atomic E-state index is 5.84. The summed E-state index contributed by atoms with van der Waals surface area (Å²) in [4.78, 5) is 0. The second-order valence-electron chi connectivity index (χ2n) is 4.29. The van der Waals surface area contributed by atoms with E-state index in [-0.39, 0.29) is 0 Å². The average Bonchev–Trinajstić information content (AvgIpc) is 2.39. The van der Waals surface area contributed by atoms with Crippen LogP contribution in [0.2, 0.25) is 0 Å². The number of methoxy groups -OCH3 is 1. The Morgan fingerprint density at radius 1 is 1.18 bits per heavy atom. The van der Waals surface area contributed by atoms with Gasteiger partial charge in [0.25, 0.3) is 0 Å². The molecule has 1 aromatic carbocycles.